The molecule has 2 fully saturated rings. The summed E-state index contributed by atoms with van der Waals surface area (Å²) in [5.41, 5.74) is 1.56. The average Bonchev–Trinajstić information content (AvgIpc) is 3.52. The molecule has 4 amide bonds. The second-order valence-corrected chi connectivity index (χ2v) is 15.6. The number of nitrogens with one attached hydrogen (secondary N) is 3. The topological polar surface area (TPSA) is 164 Å². The van der Waals surface area contributed by atoms with E-state index in [9.17, 15) is 24.0 Å². The number of amides is 4. The molecule has 13 nitrogen and oxygen atoms in total. The van der Waals surface area contributed by atoms with Gasteiger partial charge >= 0.3 is 0 Å². The number of benzene rings is 2. The van der Waals surface area contributed by atoms with Gasteiger partial charge in [0, 0.05) is 25.4 Å². The van der Waals surface area contributed by atoms with Gasteiger partial charge in [-0.1, -0.05) is 88.7 Å². The van der Waals surface area contributed by atoms with E-state index in [0.717, 1.165) is 29.4 Å². The summed E-state index contributed by atoms with van der Waals surface area (Å²) in [5.74, 6) is -3.26. The van der Waals surface area contributed by atoms with Gasteiger partial charge in [0.2, 0.25) is 23.5 Å². The summed E-state index contributed by atoms with van der Waals surface area (Å²) in [6, 6.07) is 14.1. The first kappa shape index (κ1) is 36.7. The van der Waals surface area contributed by atoms with Crippen molar-refractivity contribution in [2.75, 3.05) is 6.54 Å². The molecule has 5 atom stereocenters. The number of nitrogens with zero attached hydrogens (tertiary/aromatic N) is 4. The monoisotopic (exact) mass is 711 g/mol. The van der Waals surface area contributed by atoms with Crippen molar-refractivity contribution >= 4 is 46.2 Å². The minimum atomic E-state index is -1.05. The maximum atomic E-state index is 14.7. The first-order chi connectivity index (χ1) is 24.8. The fourth-order valence-corrected chi connectivity index (χ4v) is 7.02. The molecule has 1 aliphatic carbocycles. The summed E-state index contributed by atoms with van der Waals surface area (Å²) < 4.78 is 1.92. The van der Waals surface area contributed by atoms with Gasteiger partial charge in [0.1, 0.15) is 12.1 Å². The molecular weight excluding hydrogens is 662 g/mol. The maximum Gasteiger partial charge on any atom is 0.289 e. The Morgan fingerprint density at radius 1 is 1.00 bits per heavy atom. The number of likely N-dealkylation sites (tertiary alicyclic amines) is 1. The van der Waals surface area contributed by atoms with Crippen LogP contribution in [0.4, 0.5) is 0 Å². The molecule has 3 N–H and O–H groups in total. The van der Waals surface area contributed by atoms with Gasteiger partial charge in [-0.25, -0.2) is 4.98 Å². The summed E-state index contributed by atoms with van der Waals surface area (Å²) in [6.07, 6.45) is 4.62. The molecule has 2 aliphatic heterocycles. The molecule has 1 spiro atoms. The molecular formula is C39H49N7O6. The Labute approximate surface area is 303 Å². The number of Topliss-reactive ketones (excluding diaryl/α,β-unsaturated/α-hetero) is 1. The van der Waals surface area contributed by atoms with Gasteiger partial charge in [-0.2, -0.15) is 0 Å². The third-order valence-corrected chi connectivity index (χ3v) is 10.1. The van der Waals surface area contributed by atoms with Crippen LogP contribution in [0.5, 0.6) is 0 Å². The third-order valence-electron chi connectivity index (χ3n) is 10.1. The summed E-state index contributed by atoms with van der Waals surface area (Å²) in [4.78, 5) is 80.6. The Kier molecular flexibility index (Phi) is 10.5. The first-order valence-electron chi connectivity index (χ1n) is 18.2. The standard InChI is InChI=1S/C39H49N7O6/c1-6-12-28(32(47)36(50)41-26-17-18-26)42-35(49)31-20-39(19-29(44-52-39)25-13-8-7-9-14-25)22-46(31)37(51)33(38(3,4)5)43-34(48)24(2)21-45-23-40-27-15-10-11-16-30(27)45/h7-11,13-16,23-24,26,28,31,33H,6,12,17-22H2,1-5H3,(H,41,50)(H,42,49)(H,43,48)/t24-,28+,31+,33-,39-/m1/s1. The van der Waals surface area contributed by atoms with Crippen LogP contribution < -0.4 is 16.0 Å². The maximum absolute atomic E-state index is 14.7. The van der Waals surface area contributed by atoms with Crippen molar-refractivity contribution in [1.82, 2.24) is 30.4 Å². The highest BCUT2D eigenvalue weighted by molar-refractivity contribution is 6.38. The minimum absolute atomic E-state index is 0.0119. The van der Waals surface area contributed by atoms with E-state index in [-0.39, 0.29) is 31.3 Å². The highest BCUT2D eigenvalue weighted by atomic mass is 16.7. The van der Waals surface area contributed by atoms with Gasteiger partial charge < -0.3 is 30.3 Å². The Balaban J connectivity index is 1.23. The van der Waals surface area contributed by atoms with Crippen LogP contribution in [0.25, 0.3) is 11.0 Å². The van der Waals surface area contributed by atoms with E-state index in [1.165, 1.54) is 4.90 Å². The number of oxime groups is 1. The van der Waals surface area contributed by atoms with Crippen LogP contribution in [-0.2, 0) is 35.4 Å². The second kappa shape index (κ2) is 14.9. The van der Waals surface area contributed by atoms with Crippen LogP contribution in [0.2, 0.25) is 0 Å². The van der Waals surface area contributed by atoms with Crippen LogP contribution in [0.3, 0.4) is 0 Å². The second-order valence-electron chi connectivity index (χ2n) is 15.6. The molecule has 1 aromatic heterocycles. The molecule has 2 aromatic carbocycles. The predicted molar refractivity (Wildman–Crippen MR) is 195 cm³/mol. The fraction of sp³-hybridized carbons (Fsp3) is 0.513. The SMILES string of the molecule is CCC[C@H](NC(=O)[C@@H]1C[C@]2(CC(c3ccccc3)=NO2)CN1C(=O)[C@@H](NC(=O)[C@H](C)Cn1cnc2ccccc21)C(C)(C)C)C(=O)C(=O)NC1CC1. The summed E-state index contributed by atoms with van der Waals surface area (Å²) in [7, 11) is 0. The van der Waals surface area contributed by atoms with Gasteiger partial charge in [-0.3, -0.25) is 24.0 Å². The molecule has 1 saturated carbocycles. The molecule has 0 bridgehead atoms. The molecule has 13 heteroatoms. The number of carbonyl (C=O) groups excluding carboxylic acids is 5. The zero-order valence-corrected chi connectivity index (χ0v) is 30.6. The quantitative estimate of drug-likeness (QED) is 0.229. The van der Waals surface area contributed by atoms with Crippen molar-refractivity contribution in [3.8, 4) is 0 Å². The van der Waals surface area contributed by atoms with Gasteiger partial charge in [-0.05, 0) is 42.4 Å². The number of carbonyl (C=O) groups is 5. The van der Waals surface area contributed by atoms with Gasteiger partial charge in [-0.15, -0.1) is 0 Å². The van der Waals surface area contributed by atoms with Crippen LogP contribution >= 0.6 is 0 Å². The number of fused-ring (bicyclic) bond motifs is 1. The third kappa shape index (κ3) is 8.03. The lowest BCUT2D eigenvalue weighted by Crippen LogP contribution is -2.59. The smallest absolute Gasteiger partial charge is 0.289 e. The lowest BCUT2D eigenvalue weighted by Gasteiger charge is -2.36. The molecule has 0 radical (unpaired) electrons. The van der Waals surface area contributed by atoms with E-state index in [1.54, 1.807) is 13.3 Å². The van der Waals surface area contributed by atoms with E-state index in [4.69, 9.17) is 4.84 Å². The number of para-hydroxylation sites is 2. The van der Waals surface area contributed by atoms with Crippen LogP contribution in [0.1, 0.15) is 78.7 Å². The minimum Gasteiger partial charge on any atom is -0.387 e. The molecule has 1 saturated heterocycles. The lowest BCUT2D eigenvalue weighted by molar-refractivity contribution is -0.145. The normalized spacial score (nSPS) is 21.6. The van der Waals surface area contributed by atoms with Gasteiger partial charge in [0.25, 0.3) is 5.91 Å². The number of imidazole rings is 1. The highest BCUT2D eigenvalue weighted by Gasteiger charge is 2.55. The molecule has 52 heavy (non-hydrogen) atoms. The van der Waals surface area contributed by atoms with Gasteiger partial charge in [0.05, 0.1) is 41.6 Å². The van der Waals surface area contributed by atoms with E-state index in [1.807, 2.05) is 86.9 Å². The largest absolute Gasteiger partial charge is 0.387 e. The van der Waals surface area contributed by atoms with Crippen LogP contribution in [-0.4, -0.2) is 85.9 Å². The number of hydrogen-bond donors (Lipinski definition) is 3. The van der Waals surface area contributed by atoms with E-state index in [0.29, 0.717) is 25.1 Å². The Morgan fingerprint density at radius 2 is 1.71 bits per heavy atom. The van der Waals surface area contributed by atoms with Crippen molar-refractivity contribution in [3.05, 3.63) is 66.5 Å². The molecule has 3 heterocycles. The van der Waals surface area contributed by atoms with E-state index >= 15 is 0 Å². The van der Waals surface area contributed by atoms with E-state index in [2.05, 4.69) is 26.1 Å². The van der Waals surface area contributed by atoms with Crippen molar-refractivity contribution in [3.63, 3.8) is 0 Å². The van der Waals surface area contributed by atoms with Crippen molar-refractivity contribution in [1.29, 1.82) is 0 Å². The number of ketones is 1. The zero-order chi connectivity index (χ0) is 37.2. The summed E-state index contributed by atoms with van der Waals surface area (Å²) in [5, 5.41) is 12.9. The first-order valence-corrected chi connectivity index (χ1v) is 18.2. The molecule has 0 unspecified atom stereocenters. The highest BCUT2D eigenvalue weighted by Crippen LogP contribution is 2.40. The summed E-state index contributed by atoms with van der Waals surface area (Å²) in [6.45, 7) is 9.65. The Hall–Kier alpha value is -5.07. The lowest BCUT2D eigenvalue weighted by atomic mass is 9.85. The zero-order valence-electron chi connectivity index (χ0n) is 30.6. The fourth-order valence-electron chi connectivity index (χ4n) is 7.02. The Morgan fingerprint density at radius 3 is 2.40 bits per heavy atom. The summed E-state index contributed by atoms with van der Waals surface area (Å²) >= 11 is 0. The number of hydrogen-bond acceptors (Lipinski definition) is 8. The molecule has 3 aromatic rings. The van der Waals surface area contributed by atoms with Crippen LogP contribution in [0.15, 0.2) is 66.1 Å². The number of aromatic nitrogens is 2. The molecule has 276 valence electrons. The van der Waals surface area contributed by atoms with E-state index < -0.39 is 58.6 Å². The molecule has 6 rings (SSSR count). The van der Waals surface area contributed by atoms with Crippen molar-refractivity contribution < 1.29 is 28.8 Å². The van der Waals surface area contributed by atoms with Crippen molar-refractivity contribution in [2.45, 2.75) is 109 Å². The number of rotatable bonds is 13. The predicted octanol–water partition coefficient (Wildman–Crippen LogP) is 3.50. The van der Waals surface area contributed by atoms with Crippen molar-refractivity contribution in [2.24, 2.45) is 16.5 Å². The Bertz CT molecular complexity index is 1860. The van der Waals surface area contributed by atoms with Gasteiger partial charge in [0.15, 0.2) is 5.60 Å². The molecule has 3 aliphatic rings. The average molecular weight is 712 g/mol. The van der Waals surface area contributed by atoms with Crippen LogP contribution in [0, 0.1) is 11.3 Å².